The van der Waals surface area contributed by atoms with E-state index in [0.29, 0.717) is 6.54 Å². The fraction of sp³-hybridized carbons (Fsp3) is 0.364. The summed E-state index contributed by atoms with van der Waals surface area (Å²) in [5, 5.41) is 2.77. The van der Waals surface area contributed by atoms with Crippen LogP contribution in [0.25, 0.3) is 0 Å². The van der Waals surface area contributed by atoms with Crippen molar-refractivity contribution in [2.75, 3.05) is 13.7 Å². The summed E-state index contributed by atoms with van der Waals surface area (Å²) in [7, 11) is 1.64. The molecular formula is C11H15NO2. The molecule has 1 amide bonds. The monoisotopic (exact) mass is 193 g/mol. The Morgan fingerprint density at radius 1 is 1.57 bits per heavy atom. The summed E-state index contributed by atoms with van der Waals surface area (Å²) in [5.41, 5.74) is 0. The zero-order chi connectivity index (χ0) is 10.4. The van der Waals surface area contributed by atoms with Crippen molar-refractivity contribution in [3.8, 4) is 0 Å². The second-order valence-electron chi connectivity index (χ2n) is 3.12. The molecule has 0 spiro atoms. The summed E-state index contributed by atoms with van der Waals surface area (Å²) in [4.78, 5) is 10.7. The Morgan fingerprint density at radius 2 is 2.36 bits per heavy atom. The number of allylic oxidation sites excluding steroid dienone is 3. The van der Waals surface area contributed by atoms with Gasteiger partial charge in [-0.15, -0.1) is 0 Å². The highest BCUT2D eigenvalue weighted by molar-refractivity contribution is 5.72. The lowest BCUT2D eigenvalue weighted by Crippen LogP contribution is -2.25. The van der Waals surface area contributed by atoms with Crippen LogP contribution in [0.4, 0.5) is 0 Å². The summed E-state index contributed by atoms with van der Waals surface area (Å²) in [5.74, 6) is 1.01. The number of carbonyl (C=O) groups is 1. The van der Waals surface area contributed by atoms with E-state index in [1.807, 2.05) is 30.4 Å². The molecule has 1 atom stereocenters. The number of hydrogen-bond donors (Lipinski definition) is 1. The van der Waals surface area contributed by atoms with Gasteiger partial charge >= 0.3 is 0 Å². The van der Waals surface area contributed by atoms with Crippen LogP contribution in [0.15, 0.2) is 36.1 Å². The van der Waals surface area contributed by atoms with Crippen LogP contribution in [0.3, 0.4) is 0 Å². The third-order valence-corrected chi connectivity index (χ3v) is 1.93. The van der Waals surface area contributed by atoms with E-state index in [2.05, 4.69) is 5.32 Å². The highest BCUT2D eigenvalue weighted by atomic mass is 16.5. The fourth-order valence-electron chi connectivity index (χ4n) is 1.20. The molecule has 1 N–H and O–H groups in total. The van der Waals surface area contributed by atoms with Gasteiger partial charge in [0, 0.05) is 19.4 Å². The molecule has 0 aliphatic heterocycles. The molecule has 0 aromatic heterocycles. The fourth-order valence-corrected chi connectivity index (χ4v) is 1.20. The van der Waals surface area contributed by atoms with E-state index in [-0.39, 0.29) is 11.8 Å². The van der Waals surface area contributed by atoms with Crippen LogP contribution in [-0.2, 0) is 9.53 Å². The number of nitrogens with one attached hydrogen (secondary N) is 1. The Hall–Kier alpha value is -1.51. The number of carbonyl (C=O) groups excluding carboxylic acids is 1. The Balaban J connectivity index is 2.56. The molecule has 0 radical (unpaired) electrons. The summed E-state index contributed by atoms with van der Waals surface area (Å²) < 4.78 is 5.13. The minimum atomic E-state index is -0.0111. The molecule has 0 saturated carbocycles. The maximum atomic E-state index is 10.7. The van der Waals surface area contributed by atoms with Gasteiger partial charge in [0.25, 0.3) is 0 Å². The Kier molecular flexibility index (Phi) is 3.98. The Labute approximate surface area is 84.1 Å². The maximum Gasteiger partial charge on any atom is 0.216 e. The summed E-state index contributed by atoms with van der Waals surface area (Å²) in [6, 6.07) is 0. The average molecular weight is 193 g/mol. The zero-order valence-electron chi connectivity index (χ0n) is 8.49. The first kappa shape index (κ1) is 10.6. The first-order valence-electron chi connectivity index (χ1n) is 4.57. The van der Waals surface area contributed by atoms with Gasteiger partial charge in [0.15, 0.2) is 0 Å². The highest BCUT2D eigenvalue weighted by Gasteiger charge is 2.05. The van der Waals surface area contributed by atoms with Gasteiger partial charge < -0.3 is 10.1 Å². The predicted molar refractivity (Wildman–Crippen MR) is 55.5 cm³/mol. The van der Waals surface area contributed by atoms with Gasteiger partial charge in [-0.3, -0.25) is 4.79 Å². The number of methoxy groups -OCH3 is 1. The van der Waals surface area contributed by atoms with Crippen molar-refractivity contribution >= 4 is 5.91 Å². The van der Waals surface area contributed by atoms with Crippen molar-refractivity contribution in [2.45, 2.75) is 6.92 Å². The molecule has 76 valence electrons. The molecule has 0 aromatic rings. The van der Waals surface area contributed by atoms with E-state index in [4.69, 9.17) is 4.74 Å². The molecule has 3 nitrogen and oxygen atoms in total. The van der Waals surface area contributed by atoms with Crippen molar-refractivity contribution in [3.05, 3.63) is 36.1 Å². The molecule has 0 bridgehead atoms. The van der Waals surface area contributed by atoms with Crippen LogP contribution < -0.4 is 5.32 Å². The first-order chi connectivity index (χ1) is 6.72. The van der Waals surface area contributed by atoms with Crippen molar-refractivity contribution in [1.82, 2.24) is 5.32 Å². The number of ether oxygens (including phenoxy) is 1. The van der Waals surface area contributed by atoms with Crippen LogP contribution in [0.1, 0.15) is 6.92 Å². The first-order valence-corrected chi connectivity index (χ1v) is 4.57. The van der Waals surface area contributed by atoms with Crippen LogP contribution in [-0.4, -0.2) is 19.6 Å². The maximum absolute atomic E-state index is 10.7. The van der Waals surface area contributed by atoms with Crippen molar-refractivity contribution in [1.29, 1.82) is 0 Å². The lowest BCUT2D eigenvalue weighted by Gasteiger charge is -2.08. The minimum absolute atomic E-state index is 0.0111. The molecule has 1 unspecified atom stereocenters. The number of rotatable bonds is 3. The second-order valence-corrected chi connectivity index (χ2v) is 3.12. The van der Waals surface area contributed by atoms with Gasteiger partial charge in [0.1, 0.15) is 5.76 Å². The molecule has 14 heavy (non-hydrogen) atoms. The van der Waals surface area contributed by atoms with Crippen molar-refractivity contribution in [2.24, 2.45) is 5.92 Å². The van der Waals surface area contributed by atoms with E-state index >= 15 is 0 Å². The van der Waals surface area contributed by atoms with Gasteiger partial charge in [-0.1, -0.05) is 18.2 Å². The lowest BCUT2D eigenvalue weighted by atomic mass is 10.1. The molecule has 0 aromatic carbocycles. The normalized spacial score (nSPS) is 19.9. The van der Waals surface area contributed by atoms with Crippen LogP contribution in [0.2, 0.25) is 0 Å². The standard InChI is InChI=1S/C11H15NO2/c1-9(13)12-8-10-5-3-4-6-11(7-10)14-2/h3-7,10H,8H2,1-2H3,(H,12,13). The Morgan fingerprint density at radius 3 is 3.00 bits per heavy atom. The van der Waals surface area contributed by atoms with E-state index in [9.17, 15) is 4.79 Å². The van der Waals surface area contributed by atoms with E-state index in [1.54, 1.807) is 7.11 Å². The van der Waals surface area contributed by atoms with Gasteiger partial charge in [0.2, 0.25) is 5.91 Å². The third-order valence-electron chi connectivity index (χ3n) is 1.93. The molecular weight excluding hydrogens is 178 g/mol. The molecule has 1 aliphatic carbocycles. The quantitative estimate of drug-likeness (QED) is 0.735. The summed E-state index contributed by atoms with van der Waals surface area (Å²) in [6.07, 6.45) is 9.77. The van der Waals surface area contributed by atoms with Crippen LogP contribution in [0.5, 0.6) is 0 Å². The van der Waals surface area contributed by atoms with Gasteiger partial charge in [-0.05, 0) is 12.2 Å². The topological polar surface area (TPSA) is 38.3 Å². The SMILES string of the molecule is COC1=CC(CNC(C)=O)C=CC=C1. The average Bonchev–Trinajstić information content (AvgIpc) is 2.39. The molecule has 0 saturated heterocycles. The van der Waals surface area contributed by atoms with Crippen LogP contribution >= 0.6 is 0 Å². The third kappa shape index (κ3) is 3.47. The van der Waals surface area contributed by atoms with Gasteiger partial charge in [-0.2, -0.15) is 0 Å². The molecule has 1 aliphatic rings. The van der Waals surface area contributed by atoms with E-state index in [0.717, 1.165) is 5.76 Å². The largest absolute Gasteiger partial charge is 0.497 e. The zero-order valence-corrected chi connectivity index (χ0v) is 8.49. The van der Waals surface area contributed by atoms with Gasteiger partial charge in [0.05, 0.1) is 7.11 Å². The predicted octanol–water partition coefficient (Wildman–Crippen LogP) is 1.40. The molecule has 1 rings (SSSR count). The van der Waals surface area contributed by atoms with Crippen molar-refractivity contribution in [3.63, 3.8) is 0 Å². The second kappa shape index (κ2) is 5.27. The van der Waals surface area contributed by atoms with Gasteiger partial charge in [-0.25, -0.2) is 0 Å². The number of amides is 1. The Bertz CT molecular complexity index is 290. The van der Waals surface area contributed by atoms with E-state index < -0.39 is 0 Å². The molecule has 3 heteroatoms. The lowest BCUT2D eigenvalue weighted by molar-refractivity contribution is -0.119. The number of hydrogen-bond acceptors (Lipinski definition) is 2. The summed E-state index contributed by atoms with van der Waals surface area (Å²) in [6.45, 7) is 2.12. The van der Waals surface area contributed by atoms with Crippen LogP contribution in [0, 0.1) is 5.92 Å². The molecule has 0 fully saturated rings. The highest BCUT2D eigenvalue weighted by Crippen LogP contribution is 2.10. The minimum Gasteiger partial charge on any atom is -0.497 e. The molecule has 0 heterocycles. The van der Waals surface area contributed by atoms with E-state index in [1.165, 1.54) is 6.92 Å². The smallest absolute Gasteiger partial charge is 0.216 e. The van der Waals surface area contributed by atoms with Crippen molar-refractivity contribution < 1.29 is 9.53 Å². The summed E-state index contributed by atoms with van der Waals surface area (Å²) >= 11 is 0.